The molecular formula is C14H25N3O2. The number of hydrogen-bond acceptors (Lipinski definition) is 3. The fourth-order valence-corrected chi connectivity index (χ4v) is 3.18. The van der Waals surface area contributed by atoms with E-state index < -0.39 is 5.41 Å². The molecule has 2 aliphatic rings. The highest BCUT2D eigenvalue weighted by Crippen LogP contribution is 2.40. The first-order valence-electron chi connectivity index (χ1n) is 7.29. The Bertz CT molecular complexity index is 362. The van der Waals surface area contributed by atoms with E-state index in [1.807, 2.05) is 0 Å². The molecule has 1 aliphatic heterocycles. The molecule has 1 heterocycles. The van der Waals surface area contributed by atoms with Crippen LogP contribution in [0, 0.1) is 11.3 Å². The minimum atomic E-state index is -0.432. The Hall–Kier alpha value is -1.10. The number of carbonyl (C=O) groups excluding carboxylic acids is 2. The van der Waals surface area contributed by atoms with Gasteiger partial charge in [-0.2, -0.15) is 0 Å². The summed E-state index contributed by atoms with van der Waals surface area (Å²) in [5.74, 6) is 0.703. The zero-order valence-electron chi connectivity index (χ0n) is 11.9. The van der Waals surface area contributed by atoms with Gasteiger partial charge in [0.15, 0.2) is 0 Å². The first kappa shape index (κ1) is 14.3. The van der Waals surface area contributed by atoms with Gasteiger partial charge in [-0.1, -0.05) is 6.92 Å². The van der Waals surface area contributed by atoms with E-state index >= 15 is 0 Å². The molecule has 1 atom stereocenters. The third kappa shape index (κ3) is 2.61. The molecule has 3 N–H and O–H groups in total. The van der Waals surface area contributed by atoms with Gasteiger partial charge in [0.25, 0.3) is 0 Å². The maximum atomic E-state index is 12.8. The van der Waals surface area contributed by atoms with Crippen LogP contribution in [0.2, 0.25) is 0 Å². The van der Waals surface area contributed by atoms with Crippen molar-refractivity contribution < 1.29 is 9.59 Å². The zero-order valence-corrected chi connectivity index (χ0v) is 11.9. The summed E-state index contributed by atoms with van der Waals surface area (Å²) in [6, 6.07) is -0.371. The first-order valence-corrected chi connectivity index (χ1v) is 7.29. The van der Waals surface area contributed by atoms with Gasteiger partial charge in [-0.15, -0.1) is 0 Å². The van der Waals surface area contributed by atoms with Gasteiger partial charge in [-0.3, -0.25) is 9.59 Å². The van der Waals surface area contributed by atoms with Gasteiger partial charge in [0.1, 0.15) is 6.04 Å². The SMILES string of the molecule is CC1CCC(CN)(C(=O)N2CCNC(=O)C2C)CC1. The molecule has 19 heavy (non-hydrogen) atoms. The Morgan fingerprint density at radius 3 is 2.63 bits per heavy atom. The number of nitrogens with zero attached hydrogens (tertiary/aromatic N) is 1. The van der Waals surface area contributed by atoms with Crippen molar-refractivity contribution in [3.63, 3.8) is 0 Å². The van der Waals surface area contributed by atoms with Crippen LogP contribution in [-0.2, 0) is 9.59 Å². The monoisotopic (exact) mass is 267 g/mol. The van der Waals surface area contributed by atoms with Crippen molar-refractivity contribution in [2.75, 3.05) is 19.6 Å². The predicted octanol–water partition coefficient (Wildman–Crippen LogP) is 0.489. The van der Waals surface area contributed by atoms with E-state index in [4.69, 9.17) is 5.73 Å². The molecule has 1 saturated carbocycles. The van der Waals surface area contributed by atoms with Gasteiger partial charge < -0.3 is 16.0 Å². The largest absolute Gasteiger partial charge is 0.353 e. The summed E-state index contributed by atoms with van der Waals surface area (Å²) in [4.78, 5) is 26.3. The Morgan fingerprint density at radius 1 is 1.42 bits per heavy atom. The van der Waals surface area contributed by atoms with E-state index in [1.54, 1.807) is 11.8 Å². The van der Waals surface area contributed by atoms with Crippen LogP contribution in [0.3, 0.4) is 0 Å². The van der Waals surface area contributed by atoms with Crippen molar-refractivity contribution >= 4 is 11.8 Å². The van der Waals surface area contributed by atoms with Crippen molar-refractivity contribution in [3.8, 4) is 0 Å². The molecule has 1 unspecified atom stereocenters. The van der Waals surface area contributed by atoms with Crippen LogP contribution in [0.5, 0.6) is 0 Å². The summed E-state index contributed by atoms with van der Waals surface area (Å²) >= 11 is 0. The molecule has 0 radical (unpaired) electrons. The lowest BCUT2D eigenvalue weighted by Gasteiger charge is -2.43. The Balaban J connectivity index is 2.14. The van der Waals surface area contributed by atoms with E-state index in [2.05, 4.69) is 12.2 Å². The van der Waals surface area contributed by atoms with Crippen molar-refractivity contribution in [1.29, 1.82) is 0 Å². The Morgan fingerprint density at radius 2 is 2.05 bits per heavy atom. The molecule has 5 heteroatoms. The molecule has 108 valence electrons. The molecule has 2 fully saturated rings. The lowest BCUT2D eigenvalue weighted by Crippen LogP contribution is -2.60. The van der Waals surface area contributed by atoms with E-state index in [1.165, 1.54) is 0 Å². The fourth-order valence-electron chi connectivity index (χ4n) is 3.18. The van der Waals surface area contributed by atoms with E-state index in [-0.39, 0.29) is 17.9 Å². The van der Waals surface area contributed by atoms with E-state index in [0.29, 0.717) is 25.6 Å². The number of carbonyl (C=O) groups is 2. The molecule has 0 spiro atoms. The number of nitrogens with two attached hydrogens (primary N) is 1. The van der Waals surface area contributed by atoms with Gasteiger partial charge >= 0.3 is 0 Å². The minimum Gasteiger partial charge on any atom is -0.353 e. The molecule has 0 bridgehead atoms. The topological polar surface area (TPSA) is 75.4 Å². The molecule has 1 aliphatic carbocycles. The summed E-state index contributed by atoms with van der Waals surface area (Å²) in [6.07, 6.45) is 3.82. The number of nitrogens with one attached hydrogen (secondary N) is 1. The normalized spacial score (nSPS) is 35.9. The van der Waals surface area contributed by atoms with Crippen LogP contribution in [0.4, 0.5) is 0 Å². The van der Waals surface area contributed by atoms with Gasteiger partial charge in [-0.25, -0.2) is 0 Å². The van der Waals surface area contributed by atoms with Crippen molar-refractivity contribution in [2.45, 2.75) is 45.6 Å². The maximum Gasteiger partial charge on any atom is 0.242 e. The van der Waals surface area contributed by atoms with E-state index in [0.717, 1.165) is 25.7 Å². The molecule has 0 aromatic heterocycles. The first-order chi connectivity index (χ1) is 9.00. The van der Waals surface area contributed by atoms with Gasteiger partial charge in [-0.05, 0) is 38.5 Å². The van der Waals surface area contributed by atoms with E-state index in [9.17, 15) is 9.59 Å². The number of piperazine rings is 1. The maximum absolute atomic E-state index is 12.8. The minimum absolute atomic E-state index is 0.0593. The lowest BCUT2D eigenvalue weighted by atomic mass is 9.69. The fraction of sp³-hybridized carbons (Fsp3) is 0.857. The number of hydrogen-bond donors (Lipinski definition) is 2. The van der Waals surface area contributed by atoms with Gasteiger partial charge in [0.2, 0.25) is 11.8 Å². The van der Waals surface area contributed by atoms with Crippen LogP contribution in [-0.4, -0.2) is 42.4 Å². The third-order valence-electron chi connectivity index (χ3n) is 4.84. The van der Waals surface area contributed by atoms with Crippen molar-refractivity contribution in [3.05, 3.63) is 0 Å². The third-order valence-corrected chi connectivity index (χ3v) is 4.84. The van der Waals surface area contributed by atoms with Gasteiger partial charge in [0.05, 0.1) is 5.41 Å². The lowest BCUT2D eigenvalue weighted by molar-refractivity contribution is -0.152. The van der Waals surface area contributed by atoms with Crippen molar-refractivity contribution in [1.82, 2.24) is 10.2 Å². The summed E-state index contributed by atoms with van der Waals surface area (Å²) in [5.41, 5.74) is 5.49. The van der Waals surface area contributed by atoms with Crippen LogP contribution in [0.25, 0.3) is 0 Å². The second-order valence-corrected chi connectivity index (χ2v) is 6.13. The molecule has 1 saturated heterocycles. The highest BCUT2D eigenvalue weighted by molar-refractivity contribution is 5.91. The average molecular weight is 267 g/mol. The second kappa shape index (κ2) is 5.49. The molecule has 0 aromatic carbocycles. The summed E-state index contributed by atoms with van der Waals surface area (Å²) in [7, 11) is 0. The second-order valence-electron chi connectivity index (χ2n) is 6.13. The van der Waals surface area contributed by atoms with Crippen LogP contribution in [0.1, 0.15) is 39.5 Å². The Kier molecular flexibility index (Phi) is 4.13. The molecule has 2 rings (SSSR count). The average Bonchev–Trinajstić information content (AvgIpc) is 2.42. The van der Waals surface area contributed by atoms with Crippen LogP contribution < -0.4 is 11.1 Å². The highest BCUT2D eigenvalue weighted by Gasteiger charge is 2.44. The number of rotatable bonds is 2. The van der Waals surface area contributed by atoms with Gasteiger partial charge in [0, 0.05) is 19.6 Å². The standard InChI is InChI=1S/C14H25N3O2/c1-10-3-5-14(9-15,6-4-10)13(19)17-8-7-16-12(18)11(17)2/h10-11H,3-9,15H2,1-2H3,(H,16,18). The smallest absolute Gasteiger partial charge is 0.242 e. The number of amides is 2. The summed E-state index contributed by atoms with van der Waals surface area (Å²) in [5, 5.41) is 2.79. The predicted molar refractivity (Wildman–Crippen MR) is 73.3 cm³/mol. The van der Waals surface area contributed by atoms with Crippen molar-refractivity contribution in [2.24, 2.45) is 17.1 Å². The molecular weight excluding hydrogens is 242 g/mol. The quantitative estimate of drug-likeness (QED) is 0.764. The molecule has 2 amide bonds. The molecule has 0 aromatic rings. The molecule has 5 nitrogen and oxygen atoms in total. The highest BCUT2D eigenvalue weighted by atomic mass is 16.2. The Labute approximate surface area is 114 Å². The van der Waals surface area contributed by atoms with Crippen LogP contribution in [0.15, 0.2) is 0 Å². The summed E-state index contributed by atoms with van der Waals surface area (Å²) in [6.45, 7) is 5.56. The zero-order chi connectivity index (χ0) is 14.0. The summed E-state index contributed by atoms with van der Waals surface area (Å²) < 4.78 is 0. The van der Waals surface area contributed by atoms with Crippen LogP contribution >= 0.6 is 0 Å².